The average molecular weight is 407 g/mol. The highest BCUT2D eigenvalue weighted by molar-refractivity contribution is 5.77. The molecule has 1 aliphatic rings. The van der Waals surface area contributed by atoms with Crippen molar-refractivity contribution in [3.63, 3.8) is 0 Å². The van der Waals surface area contributed by atoms with Gasteiger partial charge in [0.25, 0.3) is 0 Å². The summed E-state index contributed by atoms with van der Waals surface area (Å²) in [5.41, 5.74) is 2.20. The minimum absolute atomic E-state index is 0.0442. The molecule has 0 radical (unpaired) electrons. The van der Waals surface area contributed by atoms with Crippen LogP contribution >= 0.6 is 0 Å². The Bertz CT molecular complexity index is 964. The van der Waals surface area contributed by atoms with Crippen molar-refractivity contribution in [2.75, 3.05) is 6.54 Å². The van der Waals surface area contributed by atoms with Crippen molar-refractivity contribution in [1.29, 1.82) is 0 Å². The SMILES string of the molecule is CC(C)n1c(CCCNC(=O)CC2(n3cccc3)CCCCC2)nc2ccccc21. The average Bonchev–Trinajstić information content (AvgIpc) is 3.40. The third-order valence-corrected chi connectivity index (χ3v) is 6.51. The highest BCUT2D eigenvalue weighted by atomic mass is 16.1. The molecule has 5 nitrogen and oxygen atoms in total. The maximum absolute atomic E-state index is 12.8. The lowest BCUT2D eigenvalue weighted by atomic mass is 9.78. The Hall–Kier alpha value is -2.56. The van der Waals surface area contributed by atoms with Gasteiger partial charge in [0.2, 0.25) is 5.91 Å². The number of aromatic nitrogens is 3. The predicted molar refractivity (Wildman–Crippen MR) is 122 cm³/mol. The normalized spacial score (nSPS) is 16.2. The van der Waals surface area contributed by atoms with Gasteiger partial charge in [0, 0.05) is 31.4 Å². The standard InChI is InChI=1S/C25H34N4O/c1-20(2)29-22-12-5-4-11-21(22)27-23(29)13-10-16-26-24(30)19-25(14-6-3-7-15-25)28-17-8-9-18-28/h4-5,8-9,11-12,17-18,20H,3,6-7,10,13-16,19H2,1-2H3,(H,26,30). The summed E-state index contributed by atoms with van der Waals surface area (Å²) >= 11 is 0. The molecule has 3 aromatic rings. The quantitative estimate of drug-likeness (QED) is 0.522. The number of benzene rings is 1. The number of carbonyl (C=O) groups excluding carboxylic acids is 1. The number of para-hydroxylation sites is 2. The smallest absolute Gasteiger partial charge is 0.222 e. The first-order valence-corrected chi connectivity index (χ1v) is 11.5. The first kappa shape index (κ1) is 20.7. The van der Waals surface area contributed by atoms with Crippen molar-refractivity contribution in [2.24, 2.45) is 0 Å². The lowest BCUT2D eigenvalue weighted by molar-refractivity contribution is -0.123. The molecule has 0 bridgehead atoms. The molecule has 30 heavy (non-hydrogen) atoms. The van der Waals surface area contributed by atoms with Gasteiger partial charge in [-0.3, -0.25) is 4.79 Å². The van der Waals surface area contributed by atoms with E-state index in [0.29, 0.717) is 19.0 Å². The fraction of sp³-hybridized carbons (Fsp3) is 0.520. The van der Waals surface area contributed by atoms with Crippen LogP contribution in [0.15, 0.2) is 48.8 Å². The van der Waals surface area contributed by atoms with Crippen LogP contribution in [0.3, 0.4) is 0 Å². The minimum atomic E-state index is -0.0442. The summed E-state index contributed by atoms with van der Waals surface area (Å²) in [5, 5.41) is 3.18. The molecular formula is C25H34N4O. The van der Waals surface area contributed by atoms with E-state index in [1.165, 1.54) is 24.8 Å². The van der Waals surface area contributed by atoms with Crippen molar-refractivity contribution in [1.82, 2.24) is 19.4 Å². The number of amides is 1. The molecule has 1 fully saturated rings. The second-order valence-electron chi connectivity index (χ2n) is 8.99. The summed E-state index contributed by atoms with van der Waals surface area (Å²) in [4.78, 5) is 17.6. The van der Waals surface area contributed by atoms with Gasteiger partial charge in [-0.2, -0.15) is 0 Å². The third-order valence-electron chi connectivity index (χ3n) is 6.51. The molecule has 5 heteroatoms. The molecular weight excluding hydrogens is 372 g/mol. The van der Waals surface area contributed by atoms with Crippen LogP contribution in [0, 0.1) is 0 Å². The van der Waals surface area contributed by atoms with Crippen LogP contribution in [-0.2, 0) is 16.8 Å². The predicted octanol–water partition coefficient (Wildman–Crippen LogP) is 5.22. The number of imidazole rings is 1. The Morgan fingerprint density at radius 1 is 1.10 bits per heavy atom. The van der Waals surface area contributed by atoms with Crippen molar-refractivity contribution in [2.45, 2.75) is 76.8 Å². The minimum Gasteiger partial charge on any atom is -0.356 e. The zero-order valence-electron chi connectivity index (χ0n) is 18.3. The van der Waals surface area contributed by atoms with E-state index in [0.717, 1.165) is 37.0 Å². The molecule has 4 rings (SSSR count). The number of hydrogen-bond donors (Lipinski definition) is 1. The maximum atomic E-state index is 12.8. The van der Waals surface area contributed by atoms with Crippen LogP contribution in [0.2, 0.25) is 0 Å². The summed E-state index contributed by atoms with van der Waals surface area (Å²) in [5.74, 6) is 1.28. The van der Waals surface area contributed by atoms with Crippen LogP contribution in [0.25, 0.3) is 11.0 Å². The lowest BCUT2D eigenvalue weighted by Gasteiger charge is -2.38. The zero-order chi connectivity index (χ0) is 21.0. The number of hydrogen-bond acceptors (Lipinski definition) is 2. The Morgan fingerprint density at radius 3 is 2.57 bits per heavy atom. The van der Waals surface area contributed by atoms with Gasteiger partial charge in [0.15, 0.2) is 0 Å². The monoisotopic (exact) mass is 406 g/mol. The highest BCUT2D eigenvalue weighted by Crippen LogP contribution is 2.37. The maximum Gasteiger partial charge on any atom is 0.222 e. The molecule has 1 aliphatic carbocycles. The van der Waals surface area contributed by atoms with Crippen molar-refractivity contribution >= 4 is 16.9 Å². The molecule has 1 amide bonds. The number of rotatable bonds is 8. The highest BCUT2D eigenvalue weighted by Gasteiger charge is 2.35. The third kappa shape index (κ3) is 4.30. The Labute approximate surface area is 179 Å². The molecule has 0 aliphatic heterocycles. The van der Waals surface area contributed by atoms with E-state index in [4.69, 9.17) is 4.98 Å². The lowest BCUT2D eigenvalue weighted by Crippen LogP contribution is -2.40. The second kappa shape index (κ2) is 9.07. The van der Waals surface area contributed by atoms with Gasteiger partial charge in [-0.1, -0.05) is 31.4 Å². The zero-order valence-corrected chi connectivity index (χ0v) is 18.3. The van der Waals surface area contributed by atoms with E-state index in [1.54, 1.807) is 0 Å². The van der Waals surface area contributed by atoms with Gasteiger partial charge >= 0.3 is 0 Å². The molecule has 1 aromatic carbocycles. The summed E-state index contributed by atoms with van der Waals surface area (Å²) in [6.45, 7) is 5.09. The molecule has 0 atom stereocenters. The number of carbonyl (C=O) groups is 1. The number of nitrogens with zero attached hydrogens (tertiary/aromatic N) is 3. The van der Waals surface area contributed by atoms with Crippen LogP contribution in [0.5, 0.6) is 0 Å². The van der Waals surface area contributed by atoms with Crippen molar-refractivity contribution < 1.29 is 4.79 Å². The van der Waals surface area contributed by atoms with E-state index in [2.05, 4.69) is 71.0 Å². The molecule has 0 spiro atoms. The fourth-order valence-electron chi connectivity index (χ4n) is 5.07. The van der Waals surface area contributed by atoms with Crippen LogP contribution < -0.4 is 5.32 Å². The van der Waals surface area contributed by atoms with Crippen LogP contribution in [-0.4, -0.2) is 26.6 Å². The molecule has 2 aromatic heterocycles. The molecule has 0 unspecified atom stereocenters. The summed E-state index contributed by atoms with van der Waals surface area (Å²) in [7, 11) is 0. The van der Waals surface area contributed by atoms with Gasteiger partial charge in [-0.25, -0.2) is 4.98 Å². The fourth-order valence-corrected chi connectivity index (χ4v) is 5.07. The molecule has 2 heterocycles. The topological polar surface area (TPSA) is 51.9 Å². The van der Waals surface area contributed by atoms with Crippen LogP contribution in [0.1, 0.15) is 70.7 Å². The largest absolute Gasteiger partial charge is 0.356 e. The van der Waals surface area contributed by atoms with E-state index in [-0.39, 0.29) is 11.4 Å². The molecule has 1 saturated carbocycles. The van der Waals surface area contributed by atoms with E-state index in [1.807, 2.05) is 6.07 Å². The first-order valence-electron chi connectivity index (χ1n) is 11.5. The van der Waals surface area contributed by atoms with Gasteiger partial charge in [-0.05, 0) is 57.4 Å². The van der Waals surface area contributed by atoms with E-state index >= 15 is 0 Å². The van der Waals surface area contributed by atoms with Gasteiger partial charge in [0.05, 0.1) is 23.0 Å². The van der Waals surface area contributed by atoms with E-state index < -0.39 is 0 Å². The molecule has 1 N–H and O–H groups in total. The number of fused-ring (bicyclic) bond motifs is 1. The number of aryl methyl sites for hydroxylation is 1. The molecule has 160 valence electrons. The Balaban J connectivity index is 1.34. The second-order valence-corrected chi connectivity index (χ2v) is 8.99. The summed E-state index contributed by atoms with van der Waals surface area (Å²) in [6.07, 6.45) is 12.5. The van der Waals surface area contributed by atoms with Gasteiger partial charge in [0.1, 0.15) is 5.82 Å². The summed E-state index contributed by atoms with van der Waals surface area (Å²) < 4.78 is 4.59. The summed E-state index contributed by atoms with van der Waals surface area (Å²) in [6, 6.07) is 12.8. The van der Waals surface area contributed by atoms with Gasteiger partial charge in [-0.15, -0.1) is 0 Å². The van der Waals surface area contributed by atoms with E-state index in [9.17, 15) is 4.79 Å². The Morgan fingerprint density at radius 2 is 1.83 bits per heavy atom. The first-order chi connectivity index (χ1) is 14.6. The van der Waals surface area contributed by atoms with Crippen molar-refractivity contribution in [3.05, 3.63) is 54.6 Å². The Kier molecular flexibility index (Phi) is 6.26. The molecule has 0 saturated heterocycles. The number of nitrogens with one attached hydrogen (secondary N) is 1. The van der Waals surface area contributed by atoms with Crippen molar-refractivity contribution in [3.8, 4) is 0 Å². The van der Waals surface area contributed by atoms with Crippen LogP contribution in [0.4, 0.5) is 0 Å². The van der Waals surface area contributed by atoms with Gasteiger partial charge < -0.3 is 14.5 Å².